The molecule has 0 saturated heterocycles. The monoisotopic (exact) mass is 419 g/mol. The first-order chi connectivity index (χ1) is 15.2. The molecule has 0 aromatic heterocycles. The molecule has 3 rings (SSSR count). The largest absolute Gasteiger partial charge is 0.497 e. The lowest BCUT2D eigenvalue weighted by Crippen LogP contribution is -2.51. The number of nitrogens with one attached hydrogen (secondary N) is 1. The molecule has 0 heterocycles. The highest BCUT2D eigenvalue weighted by Crippen LogP contribution is 2.43. The van der Waals surface area contributed by atoms with Crippen LogP contribution in [0.4, 0.5) is 0 Å². The van der Waals surface area contributed by atoms with Crippen LogP contribution in [0.2, 0.25) is 0 Å². The van der Waals surface area contributed by atoms with Crippen LogP contribution >= 0.6 is 0 Å². The highest BCUT2D eigenvalue weighted by Gasteiger charge is 2.40. The minimum atomic E-state index is -0.707. The number of hydrogen-bond acceptors (Lipinski definition) is 4. The molecule has 3 aromatic carbocycles. The van der Waals surface area contributed by atoms with Crippen LogP contribution in [-0.2, 0) is 5.54 Å². The molecule has 4 nitrogen and oxygen atoms in total. The summed E-state index contributed by atoms with van der Waals surface area (Å²) in [5, 5.41) is 14.1. The third kappa shape index (κ3) is 4.92. The van der Waals surface area contributed by atoms with E-state index in [4.69, 9.17) is 9.47 Å². The molecule has 2 N–H and O–H groups in total. The Balaban J connectivity index is 2.30. The maximum Gasteiger partial charge on any atom is 0.128 e. The molecule has 0 spiro atoms. The normalized spacial score (nSPS) is 12.4. The summed E-state index contributed by atoms with van der Waals surface area (Å²) in [7, 11) is 3.33. The smallest absolute Gasteiger partial charge is 0.128 e. The number of benzene rings is 3. The van der Waals surface area contributed by atoms with Crippen LogP contribution in [0.5, 0.6) is 11.5 Å². The van der Waals surface area contributed by atoms with Gasteiger partial charge < -0.3 is 14.6 Å². The van der Waals surface area contributed by atoms with Gasteiger partial charge in [0.25, 0.3) is 0 Å². The van der Waals surface area contributed by atoms with Crippen LogP contribution < -0.4 is 14.8 Å². The van der Waals surface area contributed by atoms with Gasteiger partial charge in [-0.15, -0.1) is 0 Å². The van der Waals surface area contributed by atoms with Gasteiger partial charge in [-0.05, 0) is 29.7 Å². The van der Waals surface area contributed by atoms with Gasteiger partial charge in [0, 0.05) is 17.7 Å². The summed E-state index contributed by atoms with van der Waals surface area (Å²) >= 11 is 0. The molecule has 164 valence electrons. The molecule has 3 aromatic rings. The summed E-state index contributed by atoms with van der Waals surface area (Å²) in [6.07, 6.45) is 3.00. The minimum Gasteiger partial charge on any atom is -0.497 e. The SMILES string of the molecule is CCCCC(CO)NC(c1ccccc1)(c1ccccc1)c1ccc(OC)cc1OC. The van der Waals surface area contributed by atoms with Crippen LogP contribution in [0.1, 0.15) is 42.9 Å². The van der Waals surface area contributed by atoms with Gasteiger partial charge in [-0.3, -0.25) is 5.32 Å². The van der Waals surface area contributed by atoms with Crippen molar-refractivity contribution in [1.82, 2.24) is 5.32 Å². The quantitative estimate of drug-likeness (QED) is 0.423. The number of aliphatic hydroxyl groups is 1. The number of methoxy groups -OCH3 is 2. The van der Waals surface area contributed by atoms with E-state index in [0.717, 1.165) is 47.5 Å². The first kappa shape index (κ1) is 22.9. The van der Waals surface area contributed by atoms with Crippen molar-refractivity contribution >= 4 is 0 Å². The summed E-state index contributed by atoms with van der Waals surface area (Å²) in [5.41, 5.74) is 2.43. The third-order valence-corrected chi connectivity index (χ3v) is 5.77. The van der Waals surface area contributed by atoms with Gasteiger partial charge in [-0.1, -0.05) is 80.4 Å². The van der Waals surface area contributed by atoms with Crippen molar-refractivity contribution in [3.8, 4) is 11.5 Å². The highest BCUT2D eigenvalue weighted by atomic mass is 16.5. The van der Waals surface area contributed by atoms with E-state index in [-0.39, 0.29) is 12.6 Å². The van der Waals surface area contributed by atoms with E-state index in [0.29, 0.717) is 0 Å². The van der Waals surface area contributed by atoms with Gasteiger partial charge in [0.1, 0.15) is 11.5 Å². The third-order valence-electron chi connectivity index (χ3n) is 5.77. The van der Waals surface area contributed by atoms with E-state index in [1.165, 1.54) is 0 Å². The molecule has 0 aliphatic rings. The van der Waals surface area contributed by atoms with Crippen LogP contribution in [0, 0.1) is 0 Å². The minimum absolute atomic E-state index is 0.0554. The first-order valence-electron chi connectivity index (χ1n) is 10.9. The summed E-state index contributed by atoms with van der Waals surface area (Å²) in [6, 6.07) is 26.6. The fourth-order valence-corrected chi connectivity index (χ4v) is 4.17. The van der Waals surface area contributed by atoms with Crippen molar-refractivity contribution in [2.24, 2.45) is 0 Å². The van der Waals surface area contributed by atoms with E-state index in [9.17, 15) is 5.11 Å². The lowest BCUT2D eigenvalue weighted by molar-refractivity contribution is 0.211. The lowest BCUT2D eigenvalue weighted by Gasteiger charge is -2.40. The van der Waals surface area contributed by atoms with Gasteiger partial charge in [0.05, 0.1) is 26.4 Å². The molecule has 31 heavy (non-hydrogen) atoms. The fraction of sp³-hybridized carbons (Fsp3) is 0.333. The number of aliphatic hydroxyl groups excluding tert-OH is 1. The van der Waals surface area contributed by atoms with Crippen LogP contribution in [0.3, 0.4) is 0 Å². The van der Waals surface area contributed by atoms with Gasteiger partial charge in [0.2, 0.25) is 0 Å². The Morgan fingerprint density at radius 2 is 1.48 bits per heavy atom. The van der Waals surface area contributed by atoms with E-state index in [1.54, 1.807) is 14.2 Å². The summed E-state index contributed by atoms with van der Waals surface area (Å²) in [4.78, 5) is 0. The van der Waals surface area contributed by atoms with Crippen LogP contribution in [0.15, 0.2) is 78.9 Å². The second-order valence-corrected chi connectivity index (χ2v) is 7.71. The molecular formula is C27H33NO3. The molecule has 4 heteroatoms. The number of ether oxygens (including phenoxy) is 2. The maximum absolute atomic E-state index is 10.3. The second kappa shape index (κ2) is 11.0. The highest BCUT2D eigenvalue weighted by molar-refractivity contribution is 5.56. The zero-order valence-corrected chi connectivity index (χ0v) is 18.7. The maximum atomic E-state index is 10.3. The fourth-order valence-electron chi connectivity index (χ4n) is 4.17. The van der Waals surface area contributed by atoms with Crippen LogP contribution in [-0.4, -0.2) is 32.0 Å². The van der Waals surface area contributed by atoms with Crippen molar-refractivity contribution in [3.63, 3.8) is 0 Å². The molecule has 0 amide bonds. The summed E-state index contributed by atoms with van der Waals surface area (Å²) in [5.74, 6) is 1.46. The van der Waals surface area contributed by atoms with Crippen molar-refractivity contribution in [2.45, 2.75) is 37.8 Å². The Labute approximate surface area is 185 Å². The summed E-state index contributed by atoms with van der Waals surface area (Å²) in [6.45, 7) is 2.22. The first-order valence-corrected chi connectivity index (χ1v) is 10.9. The predicted octanol–water partition coefficient (Wildman–Crippen LogP) is 5.14. The average Bonchev–Trinajstić information content (AvgIpc) is 2.85. The Morgan fingerprint density at radius 1 is 0.871 bits per heavy atom. The molecular weight excluding hydrogens is 386 g/mol. The second-order valence-electron chi connectivity index (χ2n) is 7.71. The molecule has 0 aliphatic heterocycles. The van der Waals surface area contributed by atoms with Crippen molar-refractivity contribution in [1.29, 1.82) is 0 Å². The van der Waals surface area contributed by atoms with Crippen molar-refractivity contribution in [2.75, 3.05) is 20.8 Å². The molecule has 0 bridgehead atoms. The Morgan fingerprint density at radius 3 is 1.97 bits per heavy atom. The van der Waals surface area contributed by atoms with E-state index >= 15 is 0 Å². The molecule has 0 aliphatic carbocycles. The molecule has 1 atom stereocenters. The van der Waals surface area contributed by atoms with Gasteiger partial charge in [-0.2, -0.15) is 0 Å². The van der Waals surface area contributed by atoms with Gasteiger partial charge >= 0.3 is 0 Å². The Hall–Kier alpha value is -2.82. The van der Waals surface area contributed by atoms with Crippen molar-refractivity contribution < 1.29 is 14.6 Å². The van der Waals surface area contributed by atoms with E-state index < -0.39 is 5.54 Å². The number of unbranched alkanes of at least 4 members (excludes halogenated alkanes) is 1. The van der Waals surface area contributed by atoms with Gasteiger partial charge in [-0.25, -0.2) is 0 Å². The molecule has 0 saturated carbocycles. The summed E-state index contributed by atoms with van der Waals surface area (Å²) < 4.78 is 11.3. The lowest BCUT2D eigenvalue weighted by atomic mass is 9.75. The Bertz CT molecular complexity index is 888. The standard InChI is InChI=1S/C27H33NO3/c1-4-5-16-23(20-29)28-27(21-12-8-6-9-13-21,22-14-10-7-11-15-22)25-18-17-24(30-2)19-26(25)31-3/h6-15,17-19,23,28-29H,4-5,16,20H2,1-3H3. The van der Waals surface area contributed by atoms with E-state index in [1.807, 2.05) is 48.5 Å². The predicted molar refractivity (Wildman–Crippen MR) is 126 cm³/mol. The molecule has 0 radical (unpaired) electrons. The topological polar surface area (TPSA) is 50.7 Å². The van der Waals surface area contributed by atoms with Crippen molar-refractivity contribution in [3.05, 3.63) is 95.6 Å². The zero-order chi connectivity index (χ0) is 22.1. The molecule has 0 fully saturated rings. The Kier molecular flexibility index (Phi) is 8.10. The van der Waals surface area contributed by atoms with E-state index in [2.05, 4.69) is 42.6 Å². The molecule has 1 unspecified atom stereocenters. The number of hydrogen-bond donors (Lipinski definition) is 2. The zero-order valence-electron chi connectivity index (χ0n) is 18.7. The van der Waals surface area contributed by atoms with Crippen LogP contribution in [0.25, 0.3) is 0 Å². The number of rotatable bonds is 11. The van der Waals surface area contributed by atoms with Gasteiger partial charge in [0.15, 0.2) is 0 Å². The average molecular weight is 420 g/mol.